The number of rotatable bonds is 5. The summed E-state index contributed by atoms with van der Waals surface area (Å²) in [6.45, 7) is 2.71. The van der Waals surface area contributed by atoms with Gasteiger partial charge >= 0.3 is 0 Å². The van der Waals surface area contributed by atoms with Crippen molar-refractivity contribution in [3.05, 3.63) is 30.3 Å². The van der Waals surface area contributed by atoms with Crippen molar-refractivity contribution in [2.45, 2.75) is 43.0 Å². The van der Waals surface area contributed by atoms with Gasteiger partial charge in [-0.1, -0.05) is 31.0 Å². The largest absolute Gasteiger partial charge is 0.355 e. The van der Waals surface area contributed by atoms with E-state index in [2.05, 4.69) is 17.4 Å². The molecule has 1 saturated carbocycles. The Morgan fingerprint density at radius 3 is 2.85 bits per heavy atom. The van der Waals surface area contributed by atoms with E-state index >= 15 is 0 Å². The number of amides is 1. The molecule has 1 fully saturated rings. The van der Waals surface area contributed by atoms with E-state index in [4.69, 9.17) is 5.73 Å². The topological polar surface area (TPSA) is 55.1 Å². The SMILES string of the molecule is CC1(N)CCCCC1C(=O)NCCSc1ccccc1. The standard InChI is InChI=1S/C16H24N2OS/c1-16(17)10-6-5-9-14(16)15(19)18-11-12-20-13-7-3-2-4-8-13/h2-4,7-8,14H,5-6,9-12,17H2,1H3,(H,18,19). The van der Waals surface area contributed by atoms with Gasteiger partial charge in [0.05, 0.1) is 5.92 Å². The van der Waals surface area contributed by atoms with Gasteiger partial charge in [0.1, 0.15) is 0 Å². The summed E-state index contributed by atoms with van der Waals surface area (Å²) < 4.78 is 0. The summed E-state index contributed by atoms with van der Waals surface area (Å²) in [7, 11) is 0. The summed E-state index contributed by atoms with van der Waals surface area (Å²) in [5.41, 5.74) is 5.91. The van der Waals surface area contributed by atoms with Crippen LogP contribution in [0.3, 0.4) is 0 Å². The lowest BCUT2D eigenvalue weighted by atomic mass is 9.74. The quantitative estimate of drug-likeness (QED) is 0.648. The fourth-order valence-electron chi connectivity index (χ4n) is 2.77. The van der Waals surface area contributed by atoms with E-state index < -0.39 is 0 Å². The first-order valence-corrected chi connectivity index (χ1v) is 8.32. The third-order valence-corrected chi connectivity index (χ3v) is 5.00. The van der Waals surface area contributed by atoms with Crippen molar-refractivity contribution in [3.8, 4) is 0 Å². The van der Waals surface area contributed by atoms with Gasteiger partial charge in [-0.2, -0.15) is 0 Å². The number of hydrogen-bond donors (Lipinski definition) is 2. The fraction of sp³-hybridized carbons (Fsp3) is 0.562. The molecule has 3 nitrogen and oxygen atoms in total. The lowest BCUT2D eigenvalue weighted by Gasteiger charge is -2.37. The van der Waals surface area contributed by atoms with Crippen LogP contribution in [-0.2, 0) is 4.79 Å². The van der Waals surface area contributed by atoms with Crippen molar-refractivity contribution >= 4 is 17.7 Å². The summed E-state index contributed by atoms with van der Waals surface area (Å²) in [5.74, 6) is 0.991. The van der Waals surface area contributed by atoms with E-state index in [-0.39, 0.29) is 17.4 Å². The van der Waals surface area contributed by atoms with Gasteiger partial charge in [-0.25, -0.2) is 0 Å². The molecule has 20 heavy (non-hydrogen) atoms. The number of nitrogens with two attached hydrogens (primary N) is 1. The smallest absolute Gasteiger partial charge is 0.224 e. The number of thioether (sulfide) groups is 1. The molecule has 1 aromatic rings. The van der Waals surface area contributed by atoms with Crippen molar-refractivity contribution in [1.29, 1.82) is 0 Å². The maximum atomic E-state index is 12.2. The van der Waals surface area contributed by atoms with E-state index in [1.807, 2.05) is 25.1 Å². The highest BCUT2D eigenvalue weighted by molar-refractivity contribution is 7.99. The predicted molar refractivity (Wildman–Crippen MR) is 84.7 cm³/mol. The minimum Gasteiger partial charge on any atom is -0.355 e. The summed E-state index contributed by atoms with van der Waals surface area (Å²) in [6.07, 6.45) is 4.12. The Hall–Kier alpha value is -1.00. The Bertz CT molecular complexity index is 433. The van der Waals surface area contributed by atoms with Crippen LogP contribution in [0.25, 0.3) is 0 Å². The van der Waals surface area contributed by atoms with E-state index in [0.717, 1.165) is 31.4 Å². The van der Waals surface area contributed by atoms with Crippen molar-refractivity contribution < 1.29 is 4.79 Å². The third kappa shape index (κ3) is 4.25. The molecule has 110 valence electrons. The molecule has 0 bridgehead atoms. The molecule has 0 aliphatic heterocycles. The molecule has 1 aliphatic rings. The highest BCUT2D eigenvalue weighted by atomic mass is 32.2. The van der Waals surface area contributed by atoms with Crippen molar-refractivity contribution in [2.75, 3.05) is 12.3 Å². The Labute approximate surface area is 125 Å². The molecule has 0 heterocycles. The Morgan fingerprint density at radius 1 is 1.40 bits per heavy atom. The van der Waals surface area contributed by atoms with Gasteiger partial charge in [0.15, 0.2) is 0 Å². The van der Waals surface area contributed by atoms with Gasteiger partial charge < -0.3 is 11.1 Å². The average Bonchev–Trinajstić information content (AvgIpc) is 2.44. The highest BCUT2D eigenvalue weighted by Gasteiger charge is 2.37. The van der Waals surface area contributed by atoms with Crippen LogP contribution in [0.15, 0.2) is 35.2 Å². The first-order valence-electron chi connectivity index (χ1n) is 7.34. The highest BCUT2D eigenvalue weighted by Crippen LogP contribution is 2.31. The number of hydrogen-bond acceptors (Lipinski definition) is 3. The fourth-order valence-corrected chi connectivity index (χ4v) is 3.56. The zero-order chi connectivity index (χ0) is 14.4. The van der Waals surface area contributed by atoms with Gasteiger partial charge in [-0.3, -0.25) is 4.79 Å². The predicted octanol–water partition coefficient (Wildman–Crippen LogP) is 2.80. The van der Waals surface area contributed by atoms with Crippen molar-refractivity contribution in [1.82, 2.24) is 5.32 Å². The molecule has 1 aromatic carbocycles. The second-order valence-electron chi connectivity index (χ2n) is 5.76. The minimum absolute atomic E-state index is 0.0297. The average molecular weight is 292 g/mol. The van der Waals surface area contributed by atoms with E-state index in [1.165, 1.54) is 4.90 Å². The molecular weight excluding hydrogens is 268 g/mol. The lowest BCUT2D eigenvalue weighted by Crippen LogP contribution is -2.53. The van der Waals surface area contributed by atoms with Gasteiger partial charge in [0.2, 0.25) is 5.91 Å². The molecule has 2 atom stereocenters. The van der Waals surface area contributed by atoms with Crippen LogP contribution in [0, 0.1) is 5.92 Å². The summed E-state index contributed by atoms with van der Waals surface area (Å²) in [4.78, 5) is 13.5. The van der Waals surface area contributed by atoms with E-state index in [9.17, 15) is 4.79 Å². The van der Waals surface area contributed by atoms with Gasteiger partial charge in [0.25, 0.3) is 0 Å². The van der Waals surface area contributed by atoms with Crippen LogP contribution in [0.1, 0.15) is 32.6 Å². The van der Waals surface area contributed by atoms with Crippen molar-refractivity contribution in [3.63, 3.8) is 0 Å². The molecule has 1 aliphatic carbocycles. The Balaban J connectivity index is 1.72. The normalized spacial score (nSPS) is 26.2. The molecule has 2 unspecified atom stereocenters. The van der Waals surface area contributed by atoms with Crippen LogP contribution < -0.4 is 11.1 Å². The van der Waals surface area contributed by atoms with E-state index in [0.29, 0.717) is 6.54 Å². The first-order chi connectivity index (χ1) is 9.59. The Morgan fingerprint density at radius 2 is 2.15 bits per heavy atom. The minimum atomic E-state index is -0.338. The number of carbonyl (C=O) groups is 1. The molecule has 0 radical (unpaired) electrons. The Kier molecular flexibility index (Phi) is 5.49. The zero-order valence-electron chi connectivity index (χ0n) is 12.1. The van der Waals surface area contributed by atoms with Crippen LogP contribution in [0.4, 0.5) is 0 Å². The van der Waals surface area contributed by atoms with Crippen molar-refractivity contribution in [2.24, 2.45) is 11.7 Å². The van der Waals surface area contributed by atoms with Crippen LogP contribution in [0.5, 0.6) is 0 Å². The molecule has 4 heteroatoms. The number of nitrogens with one attached hydrogen (secondary N) is 1. The molecule has 2 rings (SSSR count). The first kappa shape index (κ1) is 15.4. The van der Waals surface area contributed by atoms with Gasteiger partial charge in [-0.15, -0.1) is 11.8 Å². The van der Waals surface area contributed by atoms with E-state index in [1.54, 1.807) is 11.8 Å². The van der Waals surface area contributed by atoms with Crippen LogP contribution in [0.2, 0.25) is 0 Å². The molecule has 0 aromatic heterocycles. The third-order valence-electron chi connectivity index (χ3n) is 3.98. The van der Waals surface area contributed by atoms with Crippen LogP contribution >= 0.6 is 11.8 Å². The maximum Gasteiger partial charge on any atom is 0.224 e. The van der Waals surface area contributed by atoms with Gasteiger partial charge in [-0.05, 0) is 31.9 Å². The summed E-state index contributed by atoms with van der Waals surface area (Å²) >= 11 is 1.76. The summed E-state index contributed by atoms with van der Waals surface area (Å²) in [5, 5.41) is 3.04. The monoisotopic (exact) mass is 292 g/mol. The van der Waals surface area contributed by atoms with Gasteiger partial charge in [0, 0.05) is 22.7 Å². The molecular formula is C16H24N2OS. The maximum absolute atomic E-state index is 12.2. The second-order valence-corrected chi connectivity index (χ2v) is 6.93. The van der Waals surface area contributed by atoms with Crippen LogP contribution in [-0.4, -0.2) is 23.7 Å². The second kappa shape index (κ2) is 7.14. The molecule has 0 saturated heterocycles. The zero-order valence-corrected chi connectivity index (χ0v) is 12.9. The molecule has 0 spiro atoms. The summed E-state index contributed by atoms with van der Waals surface area (Å²) in [6, 6.07) is 10.2. The molecule has 1 amide bonds. The number of benzene rings is 1. The number of carbonyl (C=O) groups excluding carboxylic acids is 1. The lowest BCUT2D eigenvalue weighted by molar-refractivity contribution is -0.127. The molecule has 3 N–H and O–H groups in total.